The molecular weight excluding hydrogens is 439 g/mol. The molecule has 0 bridgehead atoms. The van der Waals surface area contributed by atoms with Crippen molar-refractivity contribution in [2.75, 3.05) is 5.73 Å². The first-order valence-electron chi connectivity index (χ1n) is 6.61. The first kappa shape index (κ1) is 13.3. The zero-order valence-electron chi connectivity index (χ0n) is 11.1. The summed E-state index contributed by atoms with van der Waals surface area (Å²) >= 11 is -2.24. The van der Waals surface area contributed by atoms with Crippen LogP contribution in [0.25, 0.3) is 0 Å². The first-order valence-corrected chi connectivity index (χ1v) is 11.8. The summed E-state index contributed by atoms with van der Waals surface area (Å²) in [4.78, 5) is 0. The summed E-state index contributed by atoms with van der Waals surface area (Å²) in [5, 5.41) is 0. The number of para-hydroxylation sites is 1. The van der Waals surface area contributed by atoms with Crippen molar-refractivity contribution < 1.29 is 0 Å². The standard InChI is InChI=1S/C6H6N.2C6H5.Bi/c7-6-4-2-1-3-5-6;2*1-2-4-6-5-3-1;/h1-4H,7H2;2*1-5H;. The van der Waals surface area contributed by atoms with Gasteiger partial charge in [0, 0.05) is 0 Å². The van der Waals surface area contributed by atoms with Crippen LogP contribution in [0.2, 0.25) is 0 Å². The van der Waals surface area contributed by atoms with E-state index < -0.39 is 21.8 Å². The van der Waals surface area contributed by atoms with Gasteiger partial charge in [-0.15, -0.1) is 0 Å². The van der Waals surface area contributed by atoms with E-state index in [1.165, 1.54) is 9.81 Å². The molecule has 0 amide bonds. The molecule has 0 spiro atoms. The SMILES string of the molecule is Nc1cccc[c]1[Bi]([c]1ccccc1)[c]1ccccc1. The van der Waals surface area contributed by atoms with Crippen LogP contribution in [0.4, 0.5) is 5.69 Å². The van der Waals surface area contributed by atoms with E-state index in [9.17, 15) is 0 Å². The Bertz CT molecular complexity index is 641. The molecule has 0 aliphatic heterocycles. The Morgan fingerprint density at radius 3 is 1.50 bits per heavy atom. The van der Waals surface area contributed by atoms with Gasteiger partial charge in [0.25, 0.3) is 0 Å². The Kier molecular flexibility index (Phi) is 4.13. The van der Waals surface area contributed by atoms with Crippen LogP contribution < -0.4 is 15.5 Å². The molecule has 98 valence electrons. The molecule has 2 N–H and O–H groups in total. The molecule has 0 atom stereocenters. The van der Waals surface area contributed by atoms with E-state index >= 15 is 0 Å². The van der Waals surface area contributed by atoms with Gasteiger partial charge < -0.3 is 0 Å². The number of nitrogen functional groups attached to an aromatic ring is 1. The fourth-order valence-electron chi connectivity index (χ4n) is 2.27. The monoisotopic (exact) mass is 455 g/mol. The maximum atomic E-state index is 6.25. The van der Waals surface area contributed by atoms with E-state index in [-0.39, 0.29) is 0 Å². The van der Waals surface area contributed by atoms with Crippen molar-refractivity contribution in [2.24, 2.45) is 0 Å². The normalized spacial score (nSPS) is 10.7. The van der Waals surface area contributed by atoms with Gasteiger partial charge in [0.1, 0.15) is 0 Å². The molecule has 2 heteroatoms. The molecule has 3 aromatic rings. The Morgan fingerprint density at radius 2 is 1.00 bits per heavy atom. The average Bonchev–Trinajstić information content (AvgIpc) is 2.52. The minimum atomic E-state index is -2.24. The van der Waals surface area contributed by atoms with E-state index in [1.807, 2.05) is 12.1 Å². The van der Waals surface area contributed by atoms with Crippen molar-refractivity contribution in [3.8, 4) is 0 Å². The summed E-state index contributed by atoms with van der Waals surface area (Å²) in [7, 11) is 0. The topological polar surface area (TPSA) is 26.0 Å². The number of anilines is 1. The van der Waals surface area contributed by atoms with Crippen molar-refractivity contribution >= 4 is 37.3 Å². The third-order valence-corrected chi connectivity index (χ3v) is 13.0. The third-order valence-electron chi connectivity index (χ3n) is 3.21. The maximum absolute atomic E-state index is 6.25. The molecule has 1 nitrogen and oxygen atoms in total. The first-order chi connectivity index (χ1) is 9.86. The van der Waals surface area contributed by atoms with Gasteiger partial charge in [-0.1, -0.05) is 0 Å². The predicted octanol–water partition coefficient (Wildman–Crippen LogP) is 1.79. The summed E-state index contributed by atoms with van der Waals surface area (Å²) in [6.45, 7) is 0. The fourth-order valence-corrected chi connectivity index (χ4v) is 11.5. The summed E-state index contributed by atoms with van der Waals surface area (Å²) in [6, 6.07) is 30.0. The molecule has 0 radical (unpaired) electrons. The van der Waals surface area contributed by atoms with Crippen LogP contribution in [0.15, 0.2) is 84.9 Å². The predicted molar refractivity (Wildman–Crippen MR) is 88.4 cm³/mol. The van der Waals surface area contributed by atoms with Gasteiger partial charge in [-0.2, -0.15) is 0 Å². The van der Waals surface area contributed by atoms with Gasteiger partial charge in [-0.05, 0) is 0 Å². The quantitative estimate of drug-likeness (QED) is 0.473. The van der Waals surface area contributed by atoms with E-state index in [2.05, 4.69) is 72.8 Å². The zero-order chi connectivity index (χ0) is 13.8. The van der Waals surface area contributed by atoms with E-state index in [1.54, 1.807) is 0 Å². The second-order valence-electron chi connectivity index (χ2n) is 4.57. The van der Waals surface area contributed by atoms with Crippen molar-refractivity contribution in [1.29, 1.82) is 0 Å². The molecule has 0 saturated carbocycles. The molecular formula is C18H16BiN. The van der Waals surface area contributed by atoms with Crippen LogP contribution in [0.3, 0.4) is 0 Å². The fraction of sp³-hybridized carbons (Fsp3) is 0. The van der Waals surface area contributed by atoms with Crippen LogP contribution in [0.1, 0.15) is 0 Å². The van der Waals surface area contributed by atoms with Crippen molar-refractivity contribution in [3.63, 3.8) is 0 Å². The Hall–Kier alpha value is -1.66. The number of hydrogen-bond acceptors (Lipinski definition) is 1. The molecule has 0 aliphatic carbocycles. The number of benzene rings is 3. The second kappa shape index (κ2) is 6.20. The van der Waals surface area contributed by atoms with E-state index in [0.717, 1.165) is 5.69 Å². The second-order valence-corrected chi connectivity index (χ2v) is 13.1. The molecule has 3 aromatic carbocycles. The summed E-state index contributed by atoms with van der Waals surface area (Å²) in [5.41, 5.74) is 7.18. The van der Waals surface area contributed by atoms with Crippen LogP contribution in [0.5, 0.6) is 0 Å². The molecule has 0 heterocycles. The molecule has 0 aromatic heterocycles. The minimum absolute atomic E-state index is 0.929. The summed E-state index contributed by atoms with van der Waals surface area (Å²) in [5.74, 6) is 0. The summed E-state index contributed by atoms with van der Waals surface area (Å²) in [6.07, 6.45) is 0. The molecule has 3 rings (SSSR count). The van der Waals surface area contributed by atoms with Crippen LogP contribution >= 0.6 is 0 Å². The van der Waals surface area contributed by atoms with Gasteiger partial charge >= 0.3 is 128 Å². The van der Waals surface area contributed by atoms with Crippen LogP contribution in [-0.4, -0.2) is 21.8 Å². The Labute approximate surface area is 127 Å². The third kappa shape index (κ3) is 2.76. The molecule has 0 saturated heterocycles. The van der Waals surface area contributed by atoms with Crippen molar-refractivity contribution in [3.05, 3.63) is 84.9 Å². The molecule has 0 aliphatic rings. The van der Waals surface area contributed by atoms with Crippen molar-refractivity contribution in [1.82, 2.24) is 0 Å². The number of rotatable bonds is 3. The number of nitrogens with two attached hydrogens (primary N) is 1. The van der Waals surface area contributed by atoms with E-state index in [4.69, 9.17) is 5.73 Å². The van der Waals surface area contributed by atoms with Gasteiger partial charge in [-0.25, -0.2) is 0 Å². The molecule has 0 unspecified atom stereocenters. The molecule has 20 heavy (non-hydrogen) atoms. The van der Waals surface area contributed by atoms with Gasteiger partial charge in [0.2, 0.25) is 0 Å². The van der Waals surface area contributed by atoms with Crippen LogP contribution in [0, 0.1) is 0 Å². The van der Waals surface area contributed by atoms with Gasteiger partial charge in [0.05, 0.1) is 0 Å². The average molecular weight is 455 g/mol. The zero-order valence-corrected chi connectivity index (χ0v) is 14.6. The van der Waals surface area contributed by atoms with Crippen LogP contribution in [-0.2, 0) is 0 Å². The molecule has 0 fully saturated rings. The van der Waals surface area contributed by atoms with Crippen molar-refractivity contribution in [2.45, 2.75) is 0 Å². The van der Waals surface area contributed by atoms with Gasteiger partial charge in [0.15, 0.2) is 0 Å². The summed E-state index contributed by atoms with van der Waals surface area (Å²) < 4.78 is 4.29. The Morgan fingerprint density at radius 1 is 0.550 bits per heavy atom. The Balaban J connectivity index is 2.17. The van der Waals surface area contributed by atoms with Gasteiger partial charge in [-0.3, -0.25) is 0 Å². The number of hydrogen-bond donors (Lipinski definition) is 1. The van der Waals surface area contributed by atoms with E-state index in [0.29, 0.717) is 0 Å².